The quantitative estimate of drug-likeness (QED) is 0.0954. The SMILES string of the molecule is COc1cc2ncnc(Oc3ccc4c(C(=O)NC(C)C)c(C)oc4c3)c2cc1OCc1ccc(C=CC(=O)Nc2ccccc2N)cc1. The van der Waals surface area contributed by atoms with E-state index < -0.39 is 0 Å². The lowest BCUT2D eigenvalue weighted by atomic mass is 10.1. The number of carbonyl (C=O) groups is 2. The number of amides is 2. The summed E-state index contributed by atoms with van der Waals surface area (Å²) >= 11 is 0. The fourth-order valence-corrected chi connectivity index (χ4v) is 5.23. The summed E-state index contributed by atoms with van der Waals surface area (Å²) in [5.74, 6) is 1.83. The minimum absolute atomic E-state index is 0.00571. The first-order chi connectivity index (χ1) is 23.7. The molecule has 0 aliphatic heterocycles. The molecule has 0 saturated heterocycles. The molecule has 4 aromatic carbocycles. The number of benzene rings is 4. The van der Waals surface area contributed by atoms with Crippen LogP contribution in [0.2, 0.25) is 0 Å². The van der Waals surface area contributed by atoms with Gasteiger partial charge in [0, 0.05) is 29.6 Å². The molecule has 248 valence electrons. The predicted molar refractivity (Wildman–Crippen MR) is 189 cm³/mol. The highest BCUT2D eigenvalue weighted by Gasteiger charge is 2.20. The highest BCUT2D eigenvalue weighted by atomic mass is 16.5. The summed E-state index contributed by atoms with van der Waals surface area (Å²) in [5, 5.41) is 7.00. The van der Waals surface area contributed by atoms with Gasteiger partial charge in [0.1, 0.15) is 30.0 Å². The Hall–Kier alpha value is -6.36. The van der Waals surface area contributed by atoms with Crippen molar-refractivity contribution < 1.29 is 28.2 Å². The van der Waals surface area contributed by atoms with Crippen molar-refractivity contribution >= 4 is 51.1 Å². The van der Waals surface area contributed by atoms with Gasteiger partial charge in [-0.1, -0.05) is 36.4 Å². The molecule has 49 heavy (non-hydrogen) atoms. The first-order valence-electron chi connectivity index (χ1n) is 15.6. The van der Waals surface area contributed by atoms with E-state index in [2.05, 4.69) is 20.6 Å². The Kier molecular flexibility index (Phi) is 9.43. The molecule has 4 N–H and O–H groups in total. The number of para-hydroxylation sites is 2. The lowest BCUT2D eigenvalue weighted by Gasteiger charge is -2.13. The van der Waals surface area contributed by atoms with E-state index in [1.54, 1.807) is 68.6 Å². The van der Waals surface area contributed by atoms with Crippen molar-refractivity contribution in [2.45, 2.75) is 33.4 Å². The van der Waals surface area contributed by atoms with Crippen LogP contribution in [0.5, 0.6) is 23.1 Å². The Bertz CT molecular complexity index is 2190. The summed E-state index contributed by atoms with van der Waals surface area (Å²) in [5.41, 5.74) is 10.3. The summed E-state index contributed by atoms with van der Waals surface area (Å²) < 4.78 is 23.9. The number of aryl methyl sites for hydroxylation is 1. The number of furan rings is 1. The lowest BCUT2D eigenvalue weighted by Crippen LogP contribution is -2.30. The third kappa shape index (κ3) is 7.46. The van der Waals surface area contributed by atoms with E-state index in [1.165, 1.54) is 12.4 Å². The van der Waals surface area contributed by atoms with E-state index >= 15 is 0 Å². The van der Waals surface area contributed by atoms with Gasteiger partial charge < -0.3 is 35.0 Å². The van der Waals surface area contributed by atoms with Gasteiger partial charge in [-0.25, -0.2) is 9.97 Å². The normalized spacial score (nSPS) is 11.3. The number of rotatable bonds is 11. The highest BCUT2D eigenvalue weighted by Crippen LogP contribution is 2.37. The number of hydrogen-bond donors (Lipinski definition) is 3. The van der Waals surface area contributed by atoms with Gasteiger partial charge in [-0.3, -0.25) is 9.59 Å². The van der Waals surface area contributed by atoms with Gasteiger partial charge in [-0.2, -0.15) is 0 Å². The van der Waals surface area contributed by atoms with Gasteiger partial charge in [0.25, 0.3) is 5.91 Å². The molecule has 0 aliphatic rings. The van der Waals surface area contributed by atoms with E-state index in [9.17, 15) is 9.59 Å². The molecular formula is C38H35N5O6. The van der Waals surface area contributed by atoms with E-state index in [1.807, 2.05) is 44.2 Å². The van der Waals surface area contributed by atoms with Crippen LogP contribution in [0.3, 0.4) is 0 Å². The van der Waals surface area contributed by atoms with Crippen LogP contribution < -0.4 is 30.6 Å². The number of nitrogens with zero attached hydrogens (tertiary/aromatic N) is 2. The molecule has 0 saturated carbocycles. The Morgan fingerprint density at radius 2 is 1.76 bits per heavy atom. The maximum absolute atomic E-state index is 12.8. The fraction of sp³-hybridized carbons (Fsp3) is 0.158. The van der Waals surface area contributed by atoms with Crippen molar-refractivity contribution in [1.82, 2.24) is 15.3 Å². The molecule has 0 bridgehead atoms. The van der Waals surface area contributed by atoms with E-state index in [-0.39, 0.29) is 24.5 Å². The third-order valence-corrected chi connectivity index (χ3v) is 7.60. The number of fused-ring (bicyclic) bond motifs is 2. The van der Waals surface area contributed by atoms with Crippen LogP contribution in [-0.2, 0) is 11.4 Å². The Balaban J connectivity index is 1.16. The molecule has 0 unspecified atom stereocenters. The summed E-state index contributed by atoms with van der Waals surface area (Å²) in [6.07, 6.45) is 4.59. The first-order valence-corrected chi connectivity index (χ1v) is 15.6. The number of anilines is 2. The zero-order valence-electron chi connectivity index (χ0n) is 27.4. The van der Waals surface area contributed by atoms with Crippen molar-refractivity contribution in [2.24, 2.45) is 0 Å². The Labute approximate surface area is 282 Å². The predicted octanol–water partition coefficient (Wildman–Crippen LogP) is 7.44. The number of aromatic nitrogens is 2. The molecule has 0 spiro atoms. The fourth-order valence-electron chi connectivity index (χ4n) is 5.23. The topological polar surface area (TPSA) is 151 Å². The van der Waals surface area contributed by atoms with Gasteiger partial charge in [0.15, 0.2) is 11.5 Å². The van der Waals surface area contributed by atoms with Crippen LogP contribution in [-0.4, -0.2) is 34.9 Å². The summed E-state index contributed by atoms with van der Waals surface area (Å²) in [6, 6.07) is 23.6. The molecule has 6 rings (SSSR count). The number of methoxy groups -OCH3 is 1. The zero-order chi connectivity index (χ0) is 34.5. The van der Waals surface area contributed by atoms with Gasteiger partial charge in [-0.15, -0.1) is 0 Å². The van der Waals surface area contributed by atoms with Gasteiger partial charge >= 0.3 is 0 Å². The van der Waals surface area contributed by atoms with Gasteiger partial charge in [-0.05, 0) is 68.3 Å². The Morgan fingerprint density at radius 1 is 0.959 bits per heavy atom. The molecule has 2 heterocycles. The lowest BCUT2D eigenvalue weighted by molar-refractivity contribution is -0.111. The monoisotopic (exact) mass is 657 g/mol. The molecule has 11 nitrogen and oxygen atoms in total. The number of hydrogen-bond acceptors (Lipinski definition) is 9. The van der Waals surface area contributed by atoms with E-state index in [0.717, 1.165) is 11.1 Å². The molecule has 0 atom stereocenters. The average molecular weight is 658 g/mol. The minimum Gasteiger partial charge on any atom is -0.493 e. The average Bonchev–Trinajstić information content (AvgIpc) is 3.42. The number of nitrogens with two attached hydrogens (primary N) is 1. The second-order valence-corrected chi connectivity index (χ2v) is 11.6. The van der Waals surface area contributed by atoms with Gasteiger partial charge in [0.05, 0.1) is 35.0 Å². The van der Waals surface area contributed by atoms with Crippen LogP contribution in [0.1, 0.15) is 41.1 Å². The second kappa shape index (κ2) is 14.2. The van der Waals surface area contributed by atoms with Crippen LogP contribution in [0.15, 0.2) is 95.7 Å². The second-order valence-electron chi connectivity index (χ2n) is 11.6. The highest BCUT2D eigenvalue weighted by molar-refractivity contribution is 6.07. The minimum atomic E-state index is -0.280. The third-order valence-electron chi connectivity index (χ3n) is 7.60. The van der Waals surface area contributed by atoms with Crippen molar-refractivity contribution in [3.8, 4) is 23.1 Å². The largest absolute Gasteiger partial charge is 0.493 e. The Morgan fingerprint density at radius 3 is 2.51 bits per heavy atom. The summed E-state index contributed by atoms with van der Waals surface area (Å²) in [7, 11) is 1.56. The van der Waals surface area contributed by atoms with Gasteiger partial charge in [0.2, 0.25) is 11.8 Å². The number of ether oxygens (including phenoxy) is 3. The van der Waals surface area contributed by atoms with Crippen molar-refractivity contribution in [1.29, 1.82) is 0 Å². The van der Waals surface area contributed by atoms with Crippen molar-refractivity contribution in [3.05, 3.63) is 114 Å². The van der Waals surface area contributed by atoms with E-state index in [0.29, 0.717) is 67.7 Å². The zero-order valence-corrected chi connectivity index (χ0v) is 27.4. The molecule has 2 amide bonds. The van der Waals surface area contributed by atoms with Crippen LogP contribution in [0.25, 0.3) is 27.9 Å². The maximum atomic E-state index is 12.8. The standard InChI is InChI=1S/C38H35N5O6/c1-22(2)42-37(45)36-23(3)48-32-17-26(14-15-27(32)36)49-38-28-18-34(33(46-4)19-31(28)40-21-41-38)47-20-25-11-9-24(10-12-25)13-16-35(44)43-30-8-6-5-7-29(30)39/h5-19,21-22H,20,39H2,1-4H3,(H,42,45)(H,43,44). The van der Waals surface area contributed by atoms with Crippen LogP contribution in [0.4, 0.5) is 11.4 Å². The summed E-state index contributed by atoms with van der Waals surface area (Å²) in [4.78, 5) is 33.9. The molecule has 0 radical (unpaired) electrons. The molecule has 0 fully saturated rings. The molecule has 11 heteroatoms. The van der Waals surface area contributed by atoms with E-state index in [4.69, 9.17) is 24.4 Å². The van der Waals surface area contributed by atoms with Crippen LogP contribution in [0, 0.1) is 6.92 Å². The van der Waals surface area contributed by atoms with Crippen molar-refractivity contribution in [2.75, 3.05) is 18.2 Å². The molecule has 6 aromatic rings. The maximum Gasteiger partial charge on any atom is 0.255 e. The number of nitrogen functional groups attached to an aromatic ring is 1. The molecular weight excluding hydrogens is 622 g/mol. The number of nitrogens with one attached hydrogen (secondary N) is 2. The van der Waals surface area contributed by atoms with Crippen LogP contribution >= 0.6 is 0 Å². The smallest absolute Gasteiger partial charge is 0.255 e. The molecule has 2 aromatic heterocycles. The summed E-state index contributed by atoms with van der Waals surface area (Å²) in [6.45, 7) is 5.83. The van der Waals surface area contributed by atoms with Crippen molar-refractivity contribution in [3.63, 3.8) is 0 Å². The number of carbonyl (C=O) groups excluding carboxylic acids is 2. The first kappa shape index (κ1) is 32.6. The molecule has 0 aliphatic carbocycles.